The molecule has 0 radical (unpaired) electrons. The summed E-state index contributed by atoms with van der Waals surface area (Å²) < 4.78 is 0. The van der Waals surface area contributed by atoms with Crippen molar-refractivity contribution in [1.29, 1.82) is 0 Å². The Balaban J connectivity index is 1.93. The van der Waals surface area contributed by atoms with Crippen molar-refractivity contribution in [3.8, 4) is 0 Å². The summed E-state index contributed by atoms with van der Waals surface area (Å²) >= 11 is 1.87. The molecular weight excluding hydrogens is 240 g/mol. The van der Waals surface area contributed by atoms with E-state index in [-0.39, 0.29) is 0 Å². The lowest BCUT2D eigenvalue weighted by molar-refractivity contribution is 0.725. The molecule has 2 rings (SSSR count). The van der Waals surface area contributed by atoms with Crippen molar-refractivity contribution in [3.63, 3.8) is 0 Å². The molecule has 18 heavy (non-hydrogen) atoms. The summed E-state index contributed by atoms with van der Waals surface area (Å²) in [5.74, 6) is 0.993. The Kier molecular flexibility index (Phi) is 5.24. The normalized spacial score (nSPS) is 10.5. The van der Waals surface area contributed by atoms with E-state index in [4.69, 9.17) is 0 Å². The summed E-state index contributed by atoms with van der Waals surface area (Å²) in [5.41, 5.74) is 2.66. The van der Waals surface area contributed by atoms with E-state index in [1.807, 2.05) is 24.2 Å². The van der Waals surface area contributed by atoms with Crippen molar-refractivity contribution in [2.24, 2.45) is 0 Å². The van der Waals surface area contributed by atoms with Gasteiger partial charge >= 0.3 is 0 Å². The van der Waals surface area contributed by atoms with Gasteiger partial charge in [-0.3, -0.25) is 4.98 Å². The summed E-state index contributed by atoms with van der Waals surface area (Å²) in [6.45, 7) is 4.08. The molecule has 1 aromatic carbocycles. The number of hydrogen-bond acceptors (Lipinski definition) is 3. The van der Waals surface area contributed by atoms with Crippen LogP contribution in [0.25, 0.3) is 0 Å². The van der Waals surface area contributed by atoms with Gasteiger partial charge in [0.25, 0.3) is 0 Å². The van der Waals surface area contributed by atoms with Gasteiger partial charge in [-0.15, -0.1) is 11.8 Å². The van der Waals surface area contributed by atoms with Crippen LogP contribution < -0.4 is 5.32 Å². The third-order valence-corrected chi connectivity index (χ3v) is 3.70. The standard InChI is InChI=1S/C15H18N2S/c1-2-16-11-14-4-3-5-15(10-14)18-12-13-6-8-17-9-7-13/h3-10,16H,2,11-12H2,1H3. The predicted octanol–water partition coefficient (Wildman–Crippen LogP) is 3.48. The number of nitrogens with zero attached hydrogens (tertiary/aromatic N) is 1. The summed E-state index contributed by atoms with van der Waals surface area (Å²) in [4.78, 5) is 5.35. The number of pyridine rings is 1. The Morgan fingerprint density at radius 3 is 2.72 bits per heavy atom. The van der Waals surface area contributed by atoms with Crippen LogP contribution in [0, 0.1) is 0 Å². The van der Waals surface area contributed by atoms with Crippen molar-refractivity contribution in [2.75, 3.05) is 6.54 Å². The zero-order chi connectivity index (χ0) is 12.6. The van der Waals surface area contributed by atoms with E-state index < -0.39 is 0 Å². The molecule has 2 nitrogen and oxygen atoms in total. The maximum Gasteiger partial charge on any atom is 0.0270 e. The summed E-state index contributed by atoms with van der Waals surface area (Å²) in [5, 5.41) is 3.35. The van der Waals surface area contributed by atoms with Crippen molar-refractivity contribution in [1.82, 2.24) is 10.3 Å². The number of hydrogen-bond donors (Lipinski definition) is 1. The number of nitrogens with one attached hydrogen (secondary N) is 1. The van der Waals surface area contributed by atoms with Gasteiger partial charge in [0.2, 0.25) is 0 Å². The van der Waals surface area contributed by atoms with Gasteiger partial charge in [0.1, 0.15) is 0 Å². The van der Waals surface area contributed by atoms with Crippen molar-refractivity contribution in [2.45, 2.75) is 24.1 Å². The molecule has 0 aliphatic rings. The maximum atomic E-state index is 4.03. The van der Waals surface area contributed by atoms with E-state index in [0.717, 1.165) is 18.8 Å². The average Bonchev–Trinajstić information content (AvgIpc) is 2.44. The fourth-order valence-electron chi connectivity index (χ4n) is 1.66. The second kappa shape index (κ2) is 7.19. The van der Waals surface area contributed by atoms with Gasteiger partial charge in [0.05, 0.1) is 0 Å². The molecule has 94 valence electrons. The number of thioether (sulfide) groups is 1. The van der Waals surface area contributed by atoms with Crippen molar-refractivity contribution < 1.29 is 0 Å². The minimum Gasteiger partial charge on any atom is -0.313 e. The van der Waals surface area contributed by atoms with Gasteiger partial charge < -0.3 is 5.32 Å². The van der Waals surface area contributed by atoms with Crippen LogP contribution in [-0.2, 0) is 12.3 Å². The van der Waals surface area contributed by atoms with Gasteiger partial charge in [-0.05, 0) is 41.9 Å². The number of rotatable bonds is 6. The van der Waals surface area contributed by atoms with Crippen LogP contribution in [0.1, 0.15) is 18.1 Å². The van der Waals surface area contributed by atoms with Gasteiger partial charge in [0.15, 0.2) is 0 Å². The molecule has 0 aliphatic heterocycles. The molecule has 0 saturated heterocycles. The molecule has 1 heterocycles. The Hall–Kier alpha value is -1.32. The lowest BCUT2D eigenvalue weighted by Crippen LogP contribution is -2.11. The Bertz CT molecular complexity index is 471. The fourth-order valence-corrected chi connectivity index (χ4v) is 2.60. The van der Waals surface area contributed by atoms with E-state index in [9.17, 15) is 0 Å². The number of aromatic nitrogens is 1. The highest BCUT2D eigenvalue weighted by molar-refractivity contribution is 7.98. The minimum atomic E-state index is 0.945. The van der Waals surface area contributed by atoms with E-state index in [2.05, 4.69) is 53.6 Å². The molecular formula is C15H18N2S. The monoisotopic (exact) mass is 258 g/mol. The number of benzene rings is 1. The molecule has 3 heteroatoms. The van der Waals surface area contributed by atoms with Crippen LogP contribution in [0.4, 0.5) is 0 Å². The van der Waals surface area contributed by atoms with Crippen molar-refractivity contribution in [3.05, 3.63) is 59.9 Å². The lowest BCUT2D eigenvalue weighted by atomic mass is 10.2. The smallest absolute Gasteiger partial charge is 0.0270 e. The molecule has 0 saturated carbocycles. The Morgan fingerprint density at radius 1 is 1.11 bits per heavy atom. The molecule has 0 aliphatic carbocycles. The van der Waals surface area contributed by atoms with Crippen LogP contribution in [0.15, 0.2) is 53.7 Å². The molecule has 0 unspecified atom stereocenters. The molecule has 0 fully saturated rings. The van der Waals surface area contributed by atoms with Crippen molar-refractivity contribution >= 4 is 11.8 Å². The summed E-state index contributed by atoms with van der Waals surface area (Å²) in [6, 6.07) is 12.8. The summed E-state index contributed by atoms with van der Waals surface area (Å²) in [7, 11) is 0. The minimum absolute atomic E-state index is 0.945. The van der Waals surface area contributed by atoms with Crippen LogP contribution in [0.5, 0.6) is 0 Å². The van der Waals surface area contributed by atoms with Gasteiger partial charge in [0, 0.05) is 29.6 Å². The van der Waals surface area contributed by atoms with Crippen LogP contribution >= 0.6 is 11.8 Å². The topological polar surface area (TPSA) is 24.9 Å². The van der Waals surface area contributed by atoms with Crippen LogP contribution in [-0.4, -0.2) is 11.5 Å². The van der Waals surface area contributed by atoms with Crippen LogP contribution in [0.3, 0.4) is 0 Å². The van der Waals surface area contributed by atoms with Gasteiger partial charge in [-0.25, -0.2) is 0 Å². The first-order valence-corrected chi connectivity index (χ1v) is 7.18. The first kappa shape index (κ1) is 13.1. The largest absolute Gasteiger partial charge is 0.313 e. The average molecular weight is 258 g/mol. The molecule has 0 spiro atoms. The first-order chi connectivity index (χ1) is 8.88. The zero-order valence-corrected chi connectivity index (χ0v) is 11.4. The van der Waals surface area contributed by atoms with Crippen LogP contribution in [0.2, 0.25) is 0 Å². The zero-order valence-electron chi connectivity index (χ0n) is 10.6. The fraction of sp³-hybridized carbons (Fsp3) is 0.267. The first-order valence-electron chi connectivity index (χ1n) is 6.20. The van der Waals surface area contributed by atoms with E-state index >= 15 is 0 Å². The molecule has 0 atom stereocenters. The third-order valence-electron chi connectivity index (χ3n) is 2.63. The maximum absolute atomic E-state index is 4.03. The van der Waals surface area contributed by atoms with Gasteiger partial charge in [-0.1, -0.05) is 19.1 Å². The summed E-state index contributed by atoms with van der Waals surface area (Å²) in [6.07, 6.45) is 3.69. The van der Waals surface area contributed by atoms with Gasteiger partial charge in [-0.2, -0.15) is 0 Å². The van der Waals surface area contributed by atoms with E-state index in [0.29, 0.717) is 0 Å². The Labute approximate surface area is 113 Å². The molecule has 1 aromatic heterocycles. The Morgan fingerprint density at radius 2 is 1.94 bits per heavy atom. The van der Waals surface area contributed by atoms with E-state index in [1.54, 1.807) is 0 Å². The predicted molar refractivity (Wildman–Crippen MR) is 77.6 cm³/mol. The SMILES string of the molecule is CCNCc1cccc(SCc2ccncc2)c1. The molecule has 0 amide bonds. The van der Waals surface area contributed by atoms with E-state index in [1.165, 1.54) is 16.0 Å². The quantitative estimate of drug-likeness (QED) is 0.803. The second-order valence-electron chi connectivity index (χ2n) is 4.07. The molecule has 0 bridgehead atoms. The highest BCUT2D eigenvalue weighted by atomic mass is 32.2. The third kappa shape index (κ3) is 4.17. The highest BCUT2D eigenvalue weighted by Crippen LogP contribution is 2.23. The lowest BCUT2D eigenvalue weighted by Gasteiger charge is -2.05. The molecule has 1 N–H and O–H groups in total. The molecule has 2 aromatic rings. The second-order valence-corrected chi connectivity index (χ2v) is 5.12. The highest BCUT2D eigenvalue weighted by Gasteiger charge is 1.98.